The Morgan fingerprint density at radius 3 is 2.67 bits per heavy atom. The number of likely N-dealkylation sites (tertiary alicyclic amines) is 1. The van der Waals surface area contributed by atoms with Crippen LogP contribution >= 0.6 is 12.4 Å². The van der Waals surface area contributed by atoms with Crippen LogP contribution in [-0.4, -0.2) is 36.1 Å². The van der Waals surface area contributed by atoms with Crippen molar-refractivity contribution in [2.24, 2.45) is 5.73 Å². The summed E-state index contributed by atoms with van der Waals surface area (Å²) < 4.78 is 5.75. The number of rotatable bonds is 3. The summed E-state index contributed by atoms with van der Waals surface area (Å²) in [6.45, 7) is 1.34. The minimum absolute atomic E-state index is 0. The third-order valence-electron chi connectivity index (χ3n) is 4.37. The first-order valence-corrected chi connectivity index (χ1v) is 7.50. The van der Waals surface area contributed by atoms with Gasteiger partial charge in [0.15, 0.2) is 0 Å². The van der Waals surface area contributed by atoms with Crippen molar-refractivity contribution in [2.75, 3.05) is 13.1 Å². The molecular weight excluding hydrogens is 288 g/mol. The SMILES string of the molecule is Cl.NC[C@H]1CC[C@@H](C(=O)N2CCCC2c2ccccc2)O1. The molecule has 2 saturated heterocycles. The van der Waals surface area contributed by atoms with E-state index < -0.39 is 0 Å². The van der Waals surface area contributed by atoms with Gasteiger partial charge in [0.2, 0.25) is 0 Å². The number of hydrogen-bond acceptors (Lipinski definition) is 3. The van der Waals surface area contributed by atoms with Gasteiger partial charge in [0, 0.05) is 13.1 Å². The van der Waals surface area contributed by atoms with Gasteiger partial charge in [0.25, 0.3) is 5.91 Å². The summed E-state index contributed by atoms with van der Waals surface area (Å²) in [5, 5.41) is 0. The fraction of sp³-hybridized carbons (Fsp3) is 0.562. The number of benzene rings is 1. The standard InChI is InChI=1S/C16H22N2O2.ClH/c17-11-13-8-9-15(20-13)16(19)18-10-4-7-14(18)12-5-2-1-3-6-12;/h1-3,5-6,13-15H,4,7-11,17H2;1H/t13-,14?,15+;/m1./s1. The molecule has 1 aromatic carbocycles. The summed E-state index contributed by atoms with van der Waals surface area (Å²) in [4.78, 5) is 14.7. The molecule has 5 heteroatoms. The van der Waals surface area contributed by atoms with Crippen molar-refractivity contribution in [3.05, 3.63) is 35.9 Å². The average Bonchev–Trinajstić information content (AvgIpc) is 3.16. The molecule has 2 N–H and O–H groups in total. The Kier molecular flexibility index (Phi) is 5.62. The number of nitrogens with zero attached hydrogens (tertiary/aromatic N) is 1. The Hall–Kier alpha value is -1.10. The van der Waals surface area contributed by atoms with Crippen molar-refractivity contribution in [1.82, 2.24) is 4.90 Å². The first kappa shape index (κ1) is 16.3. The van der Waals surface area contributed by atoms with Gasteiger partial charge in [-0.3, -0.25) is 4.79 Å². The highest BCUT2D eigenvalue weighted by molar-refractivity contribution is 5.85. The zero-order chi connectivity index (χ0) is 13.9. The van der Waals surface area contributed by atoms with Crippen molar-refractivity contribution in [2.45, 2.75) is 43.9 Å². The summed E-state index contributed by atoms with van der Waals surface area (Å²) in [7, 11) is 0. The topological polar surface area (TPSA) is 55.6 Å². The normalized spacial score (nSPS) is 28.4. The first-order valence-electron chi connectivity index (χ1n) is 7.50. The average molecular weight is 311 g/mol. The zero-order valence-corrected chi connectivity index (χ0v) is 12.9. The van der Waals surface area contributed by atoms with Crippen molar-refractivity contribution in [1.29, 1.82) is 0 Å². The molecule has 2 heterocycles. The van der Waals surface area contributed by atoms with Crippen LogP contribution in [0.1, 0.15) is 37.3 Å². The van der Waals surface area contributed by atoms with E-state index in [1.807, 2.05) is 23.1 Å². The maximum absolute atomic E-state index is 12.7. The van der Waals surface area contributed by atoms with Gasteiger partial charge in [0.1, 0.15) is 6.10 Å². The van der Waals surface area contributed by atoms with E-state index >= 15 is 0 Å². The van der Waals surface area contributed by atoms with E-state index in [0.29, 0.717) is 6.54 Å². The summed E-state index contributed by atoms with van der Waals surface area (Å²) in [5.41, 5.74) is 6.85. The van der Waals surface area contributed by atoms with E-state index in [4.69, 9.17) is 10.5 Å². The Balaban J connectivity index is 0.00000161. The second-order valence-electron chi connectivity index (χ2n) is 5.66. The van der Waals surface area contributed by atoms with Crippen LogP contribution < -0.4 is 5.73 Å². The maximum Gasteiger partial charge on any atom is 0.252 e. The molecule has 1 aromatic rings. The van der Waals surface area contributed by atoms with Crippen molar-refractivity contribution >= 4 is 18.3 Å². The van der Waals surface area contributed by atoms with Crippen molar-refractivity contribution in [3.63, 3.8) is 0 Å². The Morgan fingerprint density at radius 1 is 1.24 bits per heavy atom. The van der Waals surface area contributed by atoms with Gasteiger partial charge in [0.05, 0.1) is 12.1 Å². The highest BCUT2D eigenvalue weighted by Gasteiger charge is 2.37. The van der Waals surface area contributed by atoms with Crippen LogP contribution in [0, 0.1) is 0 Å². The van der Waals surface area contributed by atoms with Crippen LogP contribution in [0.15, 0.2) is 30.3 Å². The van der Waals surface area contributed by atoms with Crippen LogP contribution in [0.25, 0.3) is 0 Å². The summed E-state index contributed by atoms with van der Waals surface area (Å²) >= 11 is 0. The van der Waals surface area contributed by atoms with Gasteiger partial charge in [-0.15, -0.1) is 12.4 Å². The Labute approximate surface area is 132 Å². The molecule has 3 rings (SSSR count). The number of carbonyl (C=O) groups excluding carboxylic acids is 1. The highest BCUT2D eigenvalue weighted by Crippen LogP contribution is 2.34. The van der Waals surface area contributed by atoms with Crippen molar-refractivity contribution < 1.29 is 9.53 Å². The zero-order valence-electron chi connectivity index (χ0n) is 12.1. The fourth-order valence-electron chi connectivity index (χ4n) is 3.30. The van der Waals surface area contributed by atoms with Crippen LogP contribution in [0.4, 0.5) is 0 Å². The third kappa shape index (κ3) is 3.39. The van der Waals surface area contributed by atoms with Crippen LogP contribution in [0.2, 0.25) is 0 Å². The van der Waals surface area contributed by atoms with Crippen molar-refractivity contribution in [3.8, 4) is 0 Å². The van der Waals surface area contributed by atoms with E-state index in [2.05, 4.69) is 12.1 Å². The quantitative estimate of drug-likeness (QED) is 0.932. The number of halogens is 1. The molecule has 3 atom stereocenters. The molecular formula is C16H23ClN2O2. The smallest absolute Gasteiger partial charge is 0.252 e. The molecule has 2 aliphatic rings. The number of amides is 1. The summed E-state index contributed by atoms with van der Waals surface area (Å²) in [6.07, 6.45) is 3.59. The van der Waals surface area contributed by atoms with E-state index in [-0.39, 0.29) is 36.6 Å². The number of hydrogen-bond donors (Lipinski definition) is 1. The molecule has 0 aliphatic carbocycles. The van der Waals surface area contributed by atoms with E-state index in [1.54, 1.807) is 0 Å². The number of ether oxygens (including phenoxy) is 1. The molecule has 0 radical (unpaired) electrons. The lowest BCUT2D eigenvalue weighted by Gasteiger charge is -2.27. The second-order valence-corrected chi connectivity index (χ2v) is 5.66. The fourth-order valence-corrected chi connectivity index (χ4v) is 3.30. The molecule has 116 valence electrons. The number of nitrogens with two attached hydrogens (primary N) is 1. The van der Waals surface area contributed by atoms with Gasteiger partial charge >= 0.3 is 0 Å². The van der Waals surface area contributed by atoms with Gasteiger partial charge in [-0.1, -0.05) is 30.3 Å². The minimum Gasteiger partial charge on any atom is -0.364 e. The predicted octanol–water partition coefficient (Wildman–Crippen LogP) is 2.28. The lowest BCUT2D eigenvalue weighted by molar-refractivity contribution is -0.143. The molecule has 0 aromatic heterocycles. The lowest BCUT2D eigenvalue weighted by atomic mass is 10.0. The third-order valence-corrected chi connectivity index (χ3v) is 4.37. The molecule has 1 unspecified atom stereocenters. The summed E-state index contributed by atoms with van der Waals surface area (Å²) in [5.74, 6) is 0.146. The van der Waals surface area contributed by atoms with Crippen LogP contribution in [-0.2, 0) is 9.53 Å². The highest BCUT2D eigenvalue weighted by atomic mass is 35.5. The lowest BCUT2D eigenvalue weighted by Crippen LogP contribution is -2.39. The van der Waals surface area contributed by atoms with Gasteiger partial charge in [-0.25, -0.2) is 0 Å². The monoisotopic (exact) mass is 310 g/mol. The van der Waals surface area contributed by atoms with Gasteiger partial charge < -0.3 is 15.4 Å². The molecule has 0 saturated carbocycles. The molecule has 0 spiro atoms. The summed E-state index contributed by atoms with van der Waals surface area (Å²) in [6, 6.07) is 10.5. The van der Waals surface area contributed by atoms with E-state index in [9.17, 15) is 4.79 Å². The van der Waals surface area contributed by atoms with E-state index in [0.717, 1.165) is 32.2 Å². The first-order chi connectivity index (χ1) is 9.79. The van der Waals surface area contributed by atoms with Gasteiger partial charge in [-0.2, -0.15) is 0 Å². The molecule has 4 nitrogen and oxygen atoms in total. The van der Waals surface area contributed by atoms with Gasteiger partial charge in [-0.05, 0) is 31.2 Å². The molecule has 0 bridgehead atoms. The predicted molar refractivity (Wildman–Crippen MR) is 84.3 cm³/mol. The Morgan fingerprint density at radius 2 is 2.00 bits per heavy atom. The Bertz CT molecular complexity index is 469. The largest absolute Gasteiger partial charge is 0.364 e. The second kappa shape index (κ2) is 7.25. The molecule has 21 heavy (non-hydrogen) atoms. The molecule has 2 aliphatic heterocycles. The maximum atomic E-state index is 12.7. The molecule has 1 amide bonds. The van der Waals surface area contributed by atoms with Crippen LogP contribution in [0.3, 0.4) is 0 Å². The molecule has 2 fully saturated rings. The van der Waals surface area contributed by atoms with E-state index in [1.165, 1.54) is 5.56 Å². The van der Waals surface area contributed by atoms with Crippen LogP contribution in [0.5, 0.6) is 0 Å². The number of carbonyl (C=O) groups is 1. The minimum atomic E-state index is -0.284.